The second kappa shape index (κ2) is 6.09. The molecular weight excluding hydrogens is 270 g/mol. The summed E-state index contributed by atoms with van der Waals surface area (Å²) in [6.07, 6.45) is -0.0254. The number of hydrogen-bond donors (Lipinski definition) is 3. The number of rotatable bonds is 4. The summed E-state index contributed by atoms with van der Waals surface area (Å²) in [6, 6.07) is 11.1. The fourth-order valence-corrected chi connectivity index (χ4v) is 1.99. The van der Waals surface area contributed by atoms with E-state index in [9.17, 15) is 14.7 Å². The van der Waals surface area contributed by atoms with Crippen molar-refractivity contribution in [3.8, 4) is 5.75 Å². The van der Waals surface area contributed by atoms with E-state index >= 15 is 0 Å². The zero-order chi connectivity index (χ0) is 15.4. The van der Waals surface area contributed by atoms with Gasteiger partial charge in [-0.3, -0.25) is 4.79 Å². The third kappa shape index (κ3) is 3.60. The minimum Gasteiger partial charge on any atom is -0.508 e. The summed E-state index contributed by atoms with van der Waals surface area (Å²) in [5, 5.41) is 21.2. The molecule has 0 bridgehead atoms. The second-order valence-corrected chi connectivity index (χ2v) is 4.69. The van der Waals surface area contributed by atoms with E-state index < -0.39 is 5.97 Å². The largest absolute Gasteiger partial charge is 0.508 e. The van der Waals surface area contributed by atoms with Crippen molar-refractivity contribution < 1.29 is 19.8 Å². The number of carboxylic acids is 1. The average molecular weight is 285 g/mol. The molecule has 0 spiro atoms. The Bertz CT molecular complexity index is 694. The molecule has 2 aromatic carbocycles. The van der Waals surface area contributed by atoms with E-state index in [0.29, 0.717) is 16.8 Å². The highest BCUT2D eigenvalue weighted by molar-refractivity contribution is 5.96. The van der Waals surface area contributed by atoms with Gasteiger partial charge >= 0.3 is 5.97 Å². The van der Waals surface area contributed by atoms with Crippen LogP contribution in [0.1, 0.15) is 21.5 Å². The molecule has 0 aliphatic heterocycles. The Morgan fingerprint density at radius 3 is 2.52 bits per heavy atom. The number of phenolic OH excluding ortho intramolecular Hbond substituents is 1. The Balaban J connectivity index is 2.12. The van der Waals surface area contributed by atoms with Crippen molar-refractivity contribution in [2.24, 2.45) is 0 Å². The van der Waals surface area contributed by atoms with Gasteiger partial charge in [0.1, 0.15) is 5.75 Å². The number of carboxylic acid groups (broad SMARTS) is 1. The summed E-state index contributed by atoms with van der Waals surface area (Å²) in [5.74, 6) is -1.21. The summed E-state index contributed by atoms with van der Waals surface area (Å²) in [4.78, 5) is 23.1. The van der Waals surface area contributed by atoms with Crippen molar-refractivity contribution in [1.82, 2.24) is 0 Å². The molecule has 0 aliphatic carbocycles. The number of aromatic hydroxyl groups is 1. The van der Waals surface area contributed by atoms with E-state index in [1.54, 1.807) is 37.3 Å². The molecule has 2 rings (SSSR count). The van der Waals surface area contributed by atoms with Gasteiger partial charge in [0.15, 0.2) is 0 Å². The van der Waals surface area contributed by atoms with Crippen LogP contribution in [0.25, 0.3) is 0 Å². The Labute approximate surface area is 121 Å². The molecule has 5 heteroatoms. The van der Waals surface area contributed by atoms with Crippen molar-refractivity contribution in [3.63, 3.8) is 0 Å². The monoisotopic (exact) mass is 285 g/mol. The smallest absolute Gasteiger partial charge is 0.335 e. The number of aromatic carboxylic acids is 1. The van der Waals surface area contributed by atoms with Crippen LogP contribution in [0.2, 0.25) is 0 Å². The topological polar surface area (TPSA) is 86.6 Å². The number of phenols is 1. The normalized spacial score (nSPS) is 10.1. The maximum absolute atomic E-state index is 12.0. The van der Waals surface area contributed by atoms with Crippen LogP contribution in [0.4, 0.5) is 5.69 Å². The van der Waals surface area contributed by atoms with Crippen LogP contribution < -0.4 is 5.32 Å². The number of carbonyl (C=O) groups is 2. The van der Waals surface area contributed by atoms with Gasteiger partial charge in [-0.05, 0) is 42.3 Å². The van der Waals surface area contributed by atoms with E-state index in [2.05, 4.69) is 5.32 Å². The zero-order valence-electron chi connectivity index (χ0n) is 11.5. The highest BCUT2D eigenvalue weighted by Crippen LogP contribution is 2.20. The summed E-state index contributed by atoms with van der Waals surface area (Å²) < 4.78 is 0. The number of amides is 1. The fourth-order valence-electron chi connectivity index (χ4n) is 1.99. The van der Waals surface area contributed by atoms with Crippen molar-refractivity contribution in [2.45, 2.75) is 13.3 Å². The Kier molecular flexibility index (Phi) is 4.23. The van der Waals surface area contributed by atoms with Crippen molar-refractivity contribution in [2.75, 3.05) is 5.32 Å². The number of aryl methyl sites for hydroxylation is 1. The first-order valence-corrected chi connectivity index (χ1v) is 6.38. The van der Waals surface area contributed by atoms with Gasteiger partial charge in [-0.25, -0.2) is 4.79 Å². The second-order valence-electron chi connectivity index (χ2n) is 4.69. The molecule has 2 aromatic rings. The van der Waals surface area contributed by atoms with Crippen LogP contribution >= 0.6 is 0 Å². The number of carbonyl (C=O) groups excluding carboxylic acids is 1. The molecule has 5 nitrogen and oxygen atoms in total. The Morgan fingerprint density at radius 1 is 1.14 bits per heavy atom. The standard InChI is InChI=1S/C16H15NO4/c1-10-8-12(6-7-14(10)18)17-15(19)9-11-4-2-3-5-13(11)16(20)21/h2-8,18H,9H2,1H3,(H,17,19)(H,20,21). The molecule has 21 heavy (non-hydrogen) atoms. The summed E-state index contributed by atoms with van der Waals surface area (Å²) in [5.41, 5.74) is 1.79. The van der Waals surface area contributed by atoms with Crippen molar-refractivity contribution in [1.29, 1.82) is 0 Å². The molecule has 0 aliphatic rings. The zero-order valence-corrected chi connectivity index (χ0v) is 11.5. The minimum atomic E-state index is -1.06. The molecule has 0 unspecified atom stereocenters. The first-order valence-electron chi connectivity index (χ1n) is 6.38. The number of nitrogens with one attached hydrogen (secondary N) is 1. The lowest BCUT2D eigenvalue weighted by Crippen LogP contribution is -2.16. The molecule has 0 atom stereocenters. The maximum atomic E-state index is 12.0. The fraction of sp³-hybridized carbons (Fsp3) is 0.125. The number of hydrogen-bond acceptors (Lipinski definition) is 3. The molecule has 0 heterocycles. The minimum absolute atomic E-state index is 0.0254. The van der Waals surface area contributed by atoms with Gasteiger partial charge in [0.25, 0.3) is 0 Å². The van der Waals surface area contributed by atoms with Gasteiger partial charge in [0.05, 0.1) is 12.0 Å². The van der Waals surface area contributed by atoms with E-state index in [1.807, 2.05) is 0 Å². The van der Waals surface area contributed by atoms with Crippen molar-refractivity contribution >= 4 is 17.6 Å². The lowest BCUT2D eigenvalue weighted by molar-refractivity contribution is -0.115. The molecule has 108 valence electrons. The van der Waals surface area contributed by atoms with Crippen LogP contribution in [0.3, 0.4) is 0 Å². The molecule has 0 fully saturated rings. The van der Waals surface area contributed by atoms with Gasteiger partial charge in [0.2, 0.25) is 5.91 Å². The van der Waals surface area contributed by atoms with Crippen LogP contribution in [0.15, 0.2) is 42.5 Å². The Morgan fingerprint density at radius 2 is 1.86 bits per heavy atom. The molecular formula is C16H15NO4. The molecule has 0 radical (unpaired) electrons. The third-order valence-corrected chi connectivity index (χ3v) is 3.08. The maximum Gasteiger partial charge on any atom is 0.335 e. The SMILES string of the molecule is Cc1cc(NC(=O)Cc2ccccc2C(=O)O)ccc1O. The lowest BCUT2D eigenvalue weighted by Gasteiger charge is -2.08. The number of anilines is 1. The highest BCUT2D eigenvalue weighted by Gasteiger charge is 2.12. The first-order chi connectivity index (χ1) is 9.97. The highest BCUT2D eigenvalue weighted by atomic mass is 16.4. The summed E-state index contributed by atoms with van der Waals surface area (Å²) in [7, 11) is 0. The quantitative estimate of drug-likeness (QED) is 0.753. The average Bonchev–Trinajstić information content (AvgIpc) is 2.43. The summed E-state index contributed by atoms with van der Waals surface area (Å²) >= 11 is 0. The third-order valence-electron chi connectivity index (χ3n) is 3.08. The van der Waals surface area contributed by atoms with Gasteiger partial charge in [-0.15, -0.1) is 0 Å². The predicted molar refractivity (Wildman–Crippen MR) is 78.6 cm³/mol. The van der Waals surface area contributed by atoms with Gasteiger partial charge < -0.3 is 15.5 Å². The molecule has 0 aromatic heterocycles. The van der Waals surface area contributed by atoms with Crippen LogP contribution in [-0.2, 0) is 11.2 Å². The lowest BCUT2D eigenvalue weighted by atomic mass is 10.0. The van der Waals surface area contributed by atoms with Crippen molar-refractivity contribution in [3.05, 3.63) is 59.2 Å². The molecule has 0 saturated heterocycles. The van der Waals surface area contributed by atoms with E-state index in [4.69, 9.17) is 5.11 Å². The van der Waals surface area contributed by atoms with Gasteiger partial charge in [-0.1, -0.05) is 18.2 Å². The first kappa shape index (κ1) is 14.6. The van der Waals surface area contributed by atoms with Gasteiger partial charge in [-0.2, -0.15) is 0 Å². The van der Waals surface area contributed by atoms with E-state index in [1.165, 1.54) is 12.1 Å². The predicted octanol–water partition coefficient (Wildman–Crippen LogP) is 2.58. The molecule has 0 saturated carbocycles. The molecule has 1 amide bonds. The van der Waals surface area contributed by atoms with Crippen LogP contribution in [0, 0.1) is 6.92 Å². The van der Waals surface area contributed by atoms with Gasteiger partial charge in [0, 0.05) is 5.69 Å². The van der Waals surface area contributed by atoms with Crippen LogP contribution in [-0.4, -0.2) is 22.1 Å². The number of benzene rings is 2. The summed E-state index contributed by atoms with van der Waals surface area (Å²) in [6.45, 7) is 1.73. The van der Waals surface area contributed by atoms with E-state index in [0.717, 1.165) is 0 Å². The van der Waals surface area contributed by atoms with E-state index in [-0.39, 0.29) is 23.6 Å². The van der Waals surface area contributed by atoms with Crippen LogP contribution in [0.5, 0.6) is 5.75 Å². The molecule has 3 N–H and O–H groups in total. The Hall–Kier alpha value is -2.82.